The van der Waals surface area contributed by atoms with Gasteiger partial charge in [0.05, 0.1) is 0 Å². The van der Waals surface area contributed by atoms with Crippen LogP contribution in [0.4, 0.5) is 0 Å². The molecule has 0 radical (unpaired) electrons. The van der Waals surface area contributed by atoms with Crippen molar-refractivity contribution in [2.75, 3.05) is 7.05 Å². The minimum Gasteiger partial charge on any atom is -0.343 e. The van der Waals surface area contributed by atoms with Gasteiger partial charge in [-0.15, -0.1) is 0 Å². The summed E-state index contributed by atoms with van der Waals surface area (Å²) in [5, 5.41) is 0. The highest BCUT2D eigenvalue weighted by atomic mass is 16.2. The van der Waals surface area contributed by atoms with Gasteiger partial charge in [0.15, 0.2) is 0 Å². The van der Waals surface area contributed by atoms with Crippen LogP contribution in [0.15, 0.2) is 0 Å². The Balaban J connectivity index is 2.48. The van der Waals surface area contributed by atoms with E-state index in [0.717, 1.165) is 19.3 Å². The van der Waals surface area contributed by atoms with Crippen LogP contribution >= 0.6 is 0 Å². The highest BCUT2D eigenvalue weighted by molar-refractivity contribution is 5.77. The molecule has 0 heterocycles. The molecule has 3 nitrogen and oxygen atoms in total. The molecule has 0 spiro atoms. The van der Waals surface area contributed by atoms with E-state index in [-0.39, 0.29) is 11.4 Å². The molecule has 3 heteroatoms. The van der Waals surface area contributed by atoms with E-state index in [1.54, 1.807) is 0 Å². The number of nitrogens with zero attached hydrogens (tertiary/aromatic N) is 1. The summed E-state index contributed by atoms with van der Waals surface area (Å²) in [5.41, 5.74) is 6.12. The van der Waals surface area contributed by atoms with Crippen LogP contribution in [-0.4, -0.2) is 29.4 Å². The molecule has 1 amide bonds. The zero-order chi connectivity index (χ0) is 13.8. The lowest BCUT2D eigenvalue weighted by atomic mass is 9.80. The zero-order valence-electron chi connectivity index (χ0n) is 12.5. The van der Waals surface area contributed by atoms with Crippen LogP contribution in [0.2, 0.25) is 0 Å². The zero-order valence-corrected chi connectivity index (χ0v) is 12.5. The van der Waals surface area contributed by atoms with Gasteiger partial charge in [-0.3, -0.25) is 4.79 Å². The average Bonchev–Trinajstić information content (AvgIpc) is 2.27. The maximum atomic E-state index is 12.3. The monoisotopic (exact) mass is 254 g/mol. The van der Waals surface area contributed by atoms with Crippen molar-refractivity contribution in [1.29, 1.82) is 0 Å². The lowest BCUT2D eigenvalue weighted by Crippen LogP contribution is -2.47. The van der Waals surface area contributed by atoms with Crippen LogP contribution in [0.5, 0.6) is 0 Å². The molecule has 0 aliphatic heterocycles. The molecule has 1 rings (SSSR count). The molecule has 0 saturated heterocycles. The summed E-state index contributed by atoms with van der Waals surface area (Å²) in [6.45, 7) is 6.52. The number of nitrogens with two attached hydrogens (primary N) is 1. The normalized spacial score (nSPS) is 20.8. The molecule has 0 bridgehead atoms. The van der Waals surface area contributed by atoms with Crippen molar-refractivity contribution in [3.05, 3.63) is 0 Å². The predicted octanol–water partition coefficient (Wildman–Crippen LogP) is 2.93. The van der Waals surface area contributed by atoms with Crippen molar-refractivity contribution >= 4 is 5.91 Å². The largest absolute Gasteiger partial charge is 0.343 e. The number of hydrogen-bond donors (Lipinski definition) is 1. The van der Waals surface area contributed by atoms with Crippen LogP contribution in [-0.2, 0) is 4.79 Å². The second-order valence-corrected chi connectivity index (χ2v) is 6.58. The van der Waals surface area contributed by atoms with Gasteiger partial charge in [0.25, 0.3) is 0 Å². The quantitative estimate of drug-likeness (QED) is 0.820. The molecule has 1 fully saturated rings. The van der Waals surface area contributed by atoms with Crippen LogP contribution in [0, 0.1) is 5.92 Å². The number of carbonyl (C=O) groups excluding carboxylic acids is 1. The smallest absolute Gasteiger partial charge is 0.224 e. The maximum absolute atomic E-state index is 12.3. The number of carbonyl (C=O) groups is 1. The number of hydrogen-bond acceptors (Lipinski definition) is 2. The lowest BCUT2D eigenvalue weighted by molar-refractivity contribution is -0.133. The minimum absolute atomic E-state index is 0.215. The molecule has 106 valence electrons. The van der Waals surface area contributed by atoms with E-state index in [2.05, 4.69) is 20.8 Å². The predicted molar refractivity (Wildman–Crippen MR) is 76.3 cm³/mol. The minimum atomic E-state index is -0.235. The van der Waals surface area contributed by atoms with Gasteiger partial charge in [0.1, 0.15) is 0 Å². The first-order valence-corrected chi connectivity index (χ1v) is 7.38. The Morgan fingerprint density at radius 3 is 2.28 bits per heavy atom. The van der Waals surface area contributed by atoms with Gasteiger partial charge >= 0.3 is 0 Å². The highest BCUT2D eigenvalue weighted by Gasteiger charge is 2.31. The van der Waals surface area contributed by atoms with E-state index >= 15 is 0 Å². The third-order valence-electron chi connectivity index (χ3n) is 4.22. The Labute approximate surface area is 112 Å². The third-order valence-corrected chi connectivity index (χ3v) is 4.22. The summed E-state index contributed by atoms with van der Waals surface area (Å²) in [7, 11) is 1.92. The van der Waals surface area contributed by atoms with Gasteiger partial charge in [0.2, 0.25) is 5.91 Å². The summed E-state index contributed by atoms with van der Waals surface area (Å²) in [4.78, 5) is 14.2. The maximum Gasteiger partial charge on any atom is 0.224 e. The molecule has 18 heavy (non-hydrogen) atoms. The number of rotatable bonds is 5. The molecular formula is C15H30N2O. The fourth-order valence-electron chi connectivity index (χ4n) is 2.94. The first-order valence-electron chi connectivity index (χ1n) is 7.38. The van der Waals surface area contributed by atoms with Crippen molar-refractivity contribution in [3.8, 4) is 0 Å². The second kappa shape index (κ2) is 6.55. The van der Waals surface area contributed by atoms with Gasteiger partial charge in [-0.1, -0.05) is 33.1 Å². The third kappa shape index (κ3) is 4.60. The van der Waals surface area contributed by atoms with Crippen molar-refractivity contribution in [3.63, 3.8) is 0 Å². The van der Waals surface area contributed by atoms with Gasteiger partial charge in [-0.25, -0.2) is 0 Å². The molecule has 1 aliphatic carbocycles. The summed E-state index contributed by atoms with van der Waals surface area (Å²) < 4.78 is 0. The van der Waals surface area contributed by atoms with E-state index in [1.807, 2.05) is 11.9 Å². The topological polar surface area (TPSA) is 46.3 Å². The van der Waals surface area contributed by atoms with Crippen molar-refractivity contribution in [2.24, 2.45) is 11.7 Å². The molecule has 1 aliphatic rings. The highest BCUT2D eigenvalue weighted by Crippen LogP contribution is 2.29. The Kier molecular flexibility index (Phi) is 5.64. The van der Waals surface area contributed by atoms with Crippen LogP contribution in [0.25, 0.3) is 0 Å². The molecular weight excluding hydrogens is 224 g/mol. The molecule has 2 N–H and O–H groups in total. The van der Waals surface area contributed by atoms with Crippen LogP contribution < -0.4 is 5.73 Å². The molecule has 1 unspecified atom stereocenters. The molecule has 0 aromatic rings. The number of amides is 1. The molecule has 0 aromatic carbocycles. The lowest BCUT2D eigenvalue weighted by Gasteiger charge is -2.35. The molecule has 1 atom stereocenters. The Bertz CT molecular complexity index is 270. The van der Waals surface area contributed by atoms with Crippen molar-refractivity contribution < 1.29 is 4.79 Å². The van der Waals surface area contributed by atoms with E-state index in [0.29, 0.717) is 18.4 Å². The van der Waals surface area contributed by atoms with E-state index in [1.165, 1.54) is 19.3 Å². The fraction of sp³-hybridized carbons (Fsp3) is 0.933. The van der Waals surface area contributed by atoms with E-state index < -0.39 is 0 Å². The summed E-state index contributed by atoms with van der Waals surface area (Å²) in [6.07, 6.45) is 7.21. The molecule has 1 saturated carbocycles. The summed E-state index contributed by atoms with van der Waals surface area (Å²) in [6, 6.07) is 0.310. The van der Waals surface area contributed by atoms with Gasteiger partial charge in [0, 0.05) is 25.0 Å². The van der Waals surface area contributed by atoms with Crippen molar-refractivity contribution in [1.82, 2.24) is 4.90 Å². The second-order valence-electron chi connectivity index (χ2n) is 6.58. The summed E-state index contributed by atoms with van der Waals surface area (Å²) in [5.74, 6) is 0.837. The average molecular weight is 254 g/mol. The van der Waals surface area contributed by atoms with Crippen LogP contribution in [0.3, 0.4) is 0 Å². The Hall–Kier alpha value is -0.570. The first-order chi connectivity index (χ1) is 8.34. The SMILES string of the molecule is CC(C)CC(C)N(C)C(=O)CC1(N)CCCCC1. The van der Waals surface area contributed by atoms with E-state index in [9.17, 15) is 4.79 Å². The summed E-state index contributed by atoms with van der Waals surface area (Å²) >= 11 is 0. The van der Waals surface area contributed by atoms with E-state index in [4.69, 9.17) is 5.73 Å². The Morgan fingerprint density at radius 1 is 1.22 bits per heavy atom. The van der Waals surface area contributed by atoms with Gasteiger partial charge in [-0.2, -0.15) is 0 Å². The fourth-order valence-corrected chi connectivity index (χ4v) is 2.94. The van der Waals surface area contributed by atoms with Crippen LogP contribution in [0.1, 0.15) is 65.7 Å². The standard InChI is InChI=1S/C15H30N2O/c1-12(2)10-13(3)17(4)14(18)11-15(16)8-6-5-7-9-15/h12-13H,5-11,16H2,1-4H3. The first kappa shape index (κ1) is 15.5. The van der Waals surface area contributed by atoms with Gasteiger partial charge < -0.3 is 10.6 Å². The Morgan fingerprint density at radius 2 is 1.78 bits per heavy atom. The van der Waals surface area contributed by atoms with Gasteiger partial charge in [-0.05, 0) is 32.1 Å². The molecule has 0 aromatic heterocycles. The van der Waals surface area contributed by atoms with Crippen molar-refractivity contribution in [2.45, 2.75) is 77.3 Å².